The Labute approximate surface area is 219 Å². The molecule has 1 heterocycles. The van der Waals surface area contributed by atoms with Crippen molar-refractivity contribution >= 4 is 35.7 Å². The summed E-state index contributed by atoms with van der Waals surface area (Å²) in [6, 6.07) is 0. The van der Waals surface area contributed by atoms with Gasteiger partial charge in [0.05, 0.1) is 17.4 Å². The molecule has 11 nitrogen and oxygen atoms in total. The molecule has 38 heavy (non-hydrogen) atoms. The summed E-state index contributed by atoms with van der Waals surface area (Å²) >= 11 is -0.733. The minimum absolute atomic E-state index is 0.289. The average Bonchev–Trinajstić information content (AvgIpc) is 3.43. The van der Waals surface area contributed by atoms with Crippen LogP contribution in [0.3, 0.4) is 0 Å². The molecule has 1 saturated heterocycles. The SMILES string of the molecule is O=C(COC(=O)C1C2CC3C(OC(=O)C31)C2CC(=O)C(F)(F)SOO[O-])OC12CC3CC(CC(O)(C3)C1)C2. The molecule has 8 atom stereocenters. The van der Waals surface area contributed by atoms with Crippen LogP contribution >= 0.6 is 12.0 Å². The Morgan fingerprint density at radius 1 is 1.13 bits per heavy atom. The van der Waals surface area contributed by atoms with E-state index in [9.17, 15) is 38.3 Å². The molecular weight excluding hydrogens is 534 g/mol. The number of fused-ring (bicyclic) bond motifs is 1. The van der Waals surface area contributed by atoms with E-state index in [0.29, 0.717) is 38.5 Å². The van der Waals surface area contributed by atoms with E-state index in [4.69, 9.17) is 14.2 Å². The van der Waals surface area contributed by atoms with Crippen LogP contribution in [0.5, 0.6) is 0 Å². The molecule has 0 spiro atoms. The van der Waals surface area contributed by atoms with Crippen molar-refractivity contribution in [1.29, 1.82) is 0 Å². The molecule has 7 fully saturated rings. The third kappa shape index (κ3) is 4.32. The van der Waals surface area contributed by atoms with Crippen molar-refractivity contribution in [3.8, 4) is 0 Å². The maximum Gasteiger partial charge on any atom is 0.378 e. The van der Waals surface area contributed by atoms with Crippen LogP contribution in [0.1, 0.15) is 51.4 Å². The first-order chi connectivity index (χ1) is 17.9. The topological polar surface area (TPSA) is 158 Å². The number of hydrogen-bond donors (Lipinski definition) is 1. The first-order valence-corrected chi connectivity index (χ1v) is 13.5. The molecule has 0 radical (unpaired) electrons. The maximum absolute atomic E-state index is 14.0. The zero-order valence-corrected chi connectivity index (χ0v) is 21.0. The summed E-state index contributed by atoms with van der Waals surface area (Å²) in [5.41, 5.74) is -1.60. The van der Waals surface area contributed by atoms with Crippen molar-refractivity contribution in [2.45, 2.75) is 73.9 Å². The number of Topliss-reactive ketones (excluding diaryl/α,β-unsaturated/α-hetero) is 1. The predicted octanol–water partition coefficient (Wildman–Crippen LogP) is 1.00. The lowest BCUT2D eigenvalue weighted by Crippen LogP contribution is -2.60. The highest BCUT2D eigenvalue weighted by Crippen LogP contribution is 2.62. The lowest BCUT2D eigenvalue weighted by molar-refractivity contribution is -0.777. The number of carbonyl (C=O) groups is 4. The Hall–Kier alpha value is -1.87. The van der Waals surface area contributed by atoms with Crippen molar-refractivity contribution < 1.29 is 61.9 Å². The van der Waals surface area contributed by atoms with Crippen LogP contribution in [0.4, 0.5) is 8.78 Å². The highest BCUT2D eigenvalue weighted by molar-refractivity contribution is 7.96. The van der Waals surface area contributed by atoms with Gasteiger partial charge in [0, 0.05) is 24.7 Å². The Kier molecular flexibility index (Phi) is 6.30. The number of alkyl halides is 2. The summed E-state index contributed by atoms with van der Waals surface area (Å²) in [7, 11) is 0. The van der Waals surface area contributed by atoms with E-state index in [1.165, 1.54) is 0 Å². The van der Waals surface area contributed by atoms with Crippen molar-refractivity contribution in [3.05, 3.63) is 0 Å². The van der Waals surface area contributed by atoms with Crippen molar-refractivity contribution in [3.63, 3.8) is 0 Å². The van der Waals surface area contributed by atoms with Gasteiger partial charge in [0.1, 0.15) is 23.7 Å². The summed E-state index contributed by atoms with van der Waals surface area (Å²) in [5, 5.41) is 19.5. The van der Waals surface area contributed by atoms with Gasteiger partial charge in [0.25, 0.3) is 0 Å². The van der Waals surface area contributed by atoms with Gasteiger partial charge in [-0.2, -0.15) is 13.1 Å². The smallest absolute Gasteiger partial charge is 0.378 e. The Balaban J connectivity index is 1.09. The summed E-state index contributed by atoms with van der Waals surface area (Å²) in [6.07, 6.45) is 2.92. The predicted molar refractivity (Wildman–Crippen MR) is 116 cm³/mol. The number of rotatable bonds is 10. The summed E-state index contributed by atoms with van der Waals surface area (Å²) in [4.78, 5) is 50.5. The molecule has 0 aromatic rings. The maximum atomic E-state index is 14.0. The molecule has 7 aliphatic rings. The molecule has 14 heteroatoms. The fourth-order valence-corrected chi connectivity index (χ4v) is 9.25. The molecule has 0 aromatic carbocycles. The number of carbonyl (C=O) groups excluding carboxylic acids is 4. The third-order valence-corrected chi connectivity index (χ3v) is 10.2. The van der Waals surface area contributed by atoms with Crippen molar-refractivity contribution in [1.82, 2.24) is 0 Å². The fourth-order valence-electron chi connectivity index (χ4n) is 8.96. The van der Waals surface area contributed by atoms with Gasteiger partial charge in [-0.15, -0.1) is 0 Å². The Bertz CT molecular complexity index is 1040. The largest absolute Gasteiger partial charge is 0.691 e. The normalized spacial score (nSPS) is 43.8. The second-order valence-corrected chi connectivity index (χ2v) is 12.8. The third-order valence-electron chi connectivity index (χ3n) is 9.60. The molecule has 1 N–H and O–H groups in total. The summed E-state index contributed by atoms with van der Waals surface area (Å²) in [6.45, 7) is -0.682. The van der Waals surface area contributed by atoms with Gasteiger partial charge in [-0.3, -0.25) is 19.4 Å². The number of hydrogen-bond acceptors (Lipinski definition) is 12. The fraction of sp³-hybridized carbons (Fsp3) is 0.833. The van der Waals surface area contributed by atoms with Crippen LogP contribution in [0.25, 0.3) is 0 Å². The number of halogens is 2. The molecule has 8 unspecified atom stereocenters. The van der Waals surface area contributed by atoms with Crippen molar-refractivity contribution in [2.24, 2.45) is 41.4 Å². The number of aliphatic hydroxyl groups is 1. The zero-order valence-electron chi connectivity index (χ0n) is 20.2. The molecule has 0 amide bonds. The first kappa shape index (κ1) is 26.4. The minimum Gasteiger partial charge on any atom is -0.691 e. The van der Waals surface area contributed by atoms with Gasteiger partial charge in [-0.05, 0) is 56.3 Å². The number of ketones is 1. The zero-order chi connectivity index (χ0) is 27.0. The van der Waals surface area contributed by atoms with Gasteiger partial charge in [-0.1, -0.05) is 0 Å². The van der Waals surface area contributed by atoms with Crippen LogP contribution in [0.15, 0.2) is 0 Å². The van der Waals surface area contributed by atoms with E-state index in [0.717, 1.165) is 6.42 Å². The first-order valence-electron chi connectivity index (χ1n) is 12.8. The monoisotopic (exact) mass is 561 g/mol. The van der Waals surface area contributed by atoms with Gasteiger partial charge < -0.3 is 24.6 Å². The van der Waals surface area contributed by atoms with Crippen LogP contribution in [0.2, 0.25) is 0 Å². The molecule has 6 bridgehead atoms. The second-order valence-electron chi connectivity index (χ2n) is 12.0. The van der Waals surface area contributed by atoms with Crippen LogP contribution in [-0.2, 0) is 42.8 Å². The lowest BCUT2D eigenvalue weighted by atomic mass is 9.52. The van der Waals surface area contributed by atoms with E-state index in [2.05, 4.69) is 9.37 Å². The Morgan fingerprint density at radius 2 is 1.84 bits per heavy atom. The van der Waals surface area contributed by atoms with Gasteiger partial charge in [0.2, 0.25) is 5.78 Å². The summed E-state index contributed by atoms with van der Waals surface area (Å²) in [5.74, 6) is -7.03. The van der Waals surface area contributed by atoms with Crippen LogP contribution in [0, 0.1) is 41.4 Å². The molecule has 7 rings (SSSR count). The van der Waals surface area contributed by atoms with Gasteiger partial charge in [0.15, 0.2) is 6.61 Å². The molecule has 6 saturated carbocycles. The van der Waals surface area contributed by atoms with E-state index in [-0.39, 0.29) is 11.8 Å². The minimum atomic E-state index is -4.08. The molecule has 1 aliphatic heterocycles. The van der Waals surface area contributed by atoms with E-state index < -0.39 is 101 Å². The second kappa shape index (κ2) is 9.08. The quantitative estimate of drug-likeness (QED) is 0.133. The van der Waals surface area contributed by atoms with Crippen molar-refractivity contribution in [2.75, 3.05) is 6.61 Å². The number of esters is 3. The van der Waals surface area contributed by atoms with Crippen LogP contribution in [-0.4, -0.2) is 58.0 Å². The van der Waals surface area contributed by atoms with E-state index >= 15 is 0 Å². The van der Waals surface area contributed by atoms with Gasteiger partial charge >= 0.3 is 23.2 Å². The highest BCUT2D eigenvalue weighted by Gasteiger charge is 2.69. The highest BCUT2D eigenvalue weighted by atomic mass is 32.2. The molecular formula is C24H27F2O11S-. The van der Waals surface area contributed by atoms with E-state index in [1.54, 1.807) is 0 Å². The molecule has 0 aromatic heterocycles. The standard InChI is InChI=1S/C24H28F2O11S/c25-24(26,38-37-36-32)15(27)3-13-12-2-14-18(21(30)34-19(13)14)17(12)20(29)33-8-16(28)35-23-6-10-1-11(7-23)5-22(31,4-10)9-23/h10-14,17-19,31-32H,1-9H2/p-1. The average molecular weight is 562 g/mol. The van der Waals surface area contributed by atoms with Gasteiger partial charge in [-0.25, -0.2) is 4.79 Å². The van der Waals surface area contributed by atoms with Crippen LogP contribution < -0.4 is 5.26 Å². The summed E-state index contributed by atoms with van der Waals surface area (Å²) < 4.78 is 48.0. The van der Waals surface area contributed by atoms with E-state index in [1.807, 2.05) is 0 Å². The Morgan fingerprint density at radius 3 is 2.50 bits per heavy atom. The number of ether oxygens (including phenoxy) is 3. The molecule has 6 aliphatic carbocycles. The lowest BCUT2D eigenvalue weighted by Gasteiger charge is -2.59. The molecule has 210 valence electrons.